The quantitative estimate of drug-likeness (QED) is 0.289. The van der Waals surface area contributed by atoms with Crippen LogP contribution < -0.4 is 10.6 Å². The second kappa shape index (κ2) is 11.4. The lowest BCUT2D eigenvalue weighted by atomic mass is 10.0. The molecular formula is C21H19Cl4N5O2S. The molecule has 0 bridgehead atoms. The normalized spacial score (nSPS) is 12.0. The fourth-order valence-corrected chi connectivity index (χ4v) is 4.37. The molecule has 0 fully saturated rings. The molecule has 0 aliphatic rings. The molecule has 33 heavy (non-hydrogen) atoms. The summed E-state index contributed by atoms with van der Waals surface area (Å²) in [6.07, 6.45) is 0. The molecule has 3 rings (SSSR count). The van der Waals surface area contributed by atoms with Gasteiger partial charge in [0.2, 0.25) is 11.1 Å². The number of halogens is 4. The van der Waals surface area contributed by atoms with Crippen molar-refractivity contribution < 1.29 is 9.59 Å². The Morgan fingerprint density at radius 1 is 1.03 bits per heavy atom. The van der Waals surface area contributed by atoms with Crippen molar-refractivity contribution in [1.29, 1.82) is 0 Å². The number of benzene rings is 2. The maximum Gasteiger partial charge on any atom is 0.253 e. The molecule has 1 aromatic heterocycles. The molecule has 7 nitrogen and oxygen atoms in total. The summed E-state index contributed by atoms with van der Waals surface area (Å²) in [5.41, 5.74) is 0.768. The molecule has 0 spiro atoms. The Hall–Kier alpha value is -1.97. The lowest BCUT2D eigenvalue weighted by Gasteiger charge is -2.20. The number of carbonyl (C=O) groups is 2. The number of carbonyl (C=O) groups excluding carboxylic acids is 2. The molecule has 174 valence electrons. The summed E-state index contributed by atoms with van der Waals surface area (Å²) in [5.74, 6) is -0.106. The molecule has 0 aliphatic heterocycles. The Balaban J connectivity index is 1.62. The number of rotatable bonds is 8. The Morgan fingerprint density at radius 2 is 1.70 bits per heavy atom. The number of anilines is 1. The van der Waals surface area contributed by atoms with E-state index in [1.54, 1.807) is 30.3 Å². The summed E-state index contributed by atoms with van der Waals surface area (Å²) in [7, 11) is 0. The van der Waals surface area contributed by atoms with Gasteiger partial charge in [0.15, 0.2) is 0 Å². The topological polar surface area (TPSA) is 99.8 Å². The Bertz CT molecular complexity index is 1170. The van der Waals surface area contributed by atoms with Gasteiger partial charge in [-0.2, -0.15) is 0 Å². The number of aromatic amines is 1. The number of nitrogens with zero attached hydrogens (tertiary/aromatic N) is 2. The van der Waals surface area contributed by atoms with Crippen LogP contribution in [0.3, 0.4) is 0 Å². The number of hydrogen-bond donors (Lipinski definition) is 3. The highest BCUT2D eigenvalue weighted by atomic mass is 35.5. The van der Waals surface area contributed by atoms with Crippen LogP contribution in [0.2, 0.25) is 20.1 Å². The third kappa shape index (κ3) is 7.01. The van der Waals surface area contributed by atoms with E-state index in [-0.39, 0.29) is 28.5 Å². The highest BCUT2D eigenvalue weighted by Gasteiger charge is 2.24. The van der Waals surface area contributed by atoms with Gasteiger partial charge in [0, 0.05) is 10.0 Å². The van der Waals surface area contributed by atoms with Crippen LogP contribution in [0.5, 0.6) is 0 Å². The average Bonchev–Trinajstić information content (AvgIpc) is 3.21. The second-order valence-corrected chi connectivity index (χ2v) is 9.91. The van der Waals surface area contributed by atoms with E-state index in [4.69, 9.17) is 46.4 Å². The lowest BCUT2D eigenvalue weighted by Crippen LogP contribution is -2.32. The van der Waals surface area contributed by atoms with Gasteiger partial charge in [-0.3, -0.25) is 14.7 Å². The minimum absolute atomic E-state index is 0.00108. The molecule has 3 N–H and O–H groups in total. The van der Waals surface area contributed by atoms with E-state index in [2.05, 4.69) is 25.8 Å². The number of hydrogen-bond acceptors (Lipinski definition) is 5. The maximum atomic E-state index is 12.7. The molecule has 0 radical (unpaired) electrons. The Kier molecular flexibility index (Phi) is 8.89. The van der Waals surface area contributed by atoms with Crippen LogP contribution in [-0.2, 0) is 4.79 Å². The van der Waals surface area contributed by atoms with Gasteiger partial charge in [0.1, 0.15) is 5.82 Å². The van der Waals surface area contributed by atoms with Gasteiger partial charge in [0.05, 0.1) is 33.1 Å². The van der Waals surface area contributed by atoms with Crippen molar-refractivity contribution >= 4 is 75.7 Å². The maximum absolute atomic E-state index is 12.7. The molecule has 2 amide bonds. The molecular weight excluding hydrogens is 528 g/mol. The SMILES string of the molecule is CC(C)[C@@H](NC(=O)c1ccc(Cl)cc1Cl)c1nc(SCC(=O)Nc2ccc(Cl)cc2Cl)n[nH]1. The first-order valence-corrected chi connectivity index (χ1v) is 12.2. The summed E-state index contributed by atoms with van der Waals surface area (Å²) in [6, 6.07) is 9.02. The van der Waals surface area contributed by atoms with Gasteiger partial charge in [-0.15, -0.1) is 5.10 Å². The van der Waals surface area contributed by atoms with Gasteiger partial charge >= 0.3 is 0 Å². The van der Waals surface area contributed by atoms with E-state index in [1.807, 2.05) is 13.8 Å². The lowest BCUT2D eigenvalue weighted by molar-refractivity contribution is -0.113. The first-order chi connectivity index (χ1) is 15.6. The summed E-state index contributed by atoms with van der Waals surface area (Å²) in [6.45, 7) is 3.88. The van der Waals surface area contributed by atoms with E-state index in [0.29, 0.717) is 37.3 Å². The largest absolute Gasteiger partial charge is 0.342 e. The van der Waals surface area contributed by atoms with Crippen molar-refractivity contribution in [3.8, 4) is 0 Å². The smallest absolute Gasteiger partial charge is 0.253 e. The van der Waals surface area contributed by atoms with Crippen LogP contribution in [0.4, 0.5) is 5.69 Å². The Morgan fingerprint density at radius 3 is 2.33 bits per heavy atom. The summed E-state index contributed by atoms with van der Waals surface area (Å²) in [4.78, 5) is 29.4. The van der Waals surface area contributed by atoms with Crippen molar-refractivity contribution in [3.63, 3.8) is 0 Å². The molecule has 0 unspecified atom stereocenters. The number of amides is 2. The minimum atomic E-state index is -0.451. The van der Waals surface area contributed by atoms with Gasteiger partial charge in [-0.05, 0) is 42.3 Å². The van der Waals surface area contributed by atoms with Gasteiger partial charge < -0.3 is 10.6 Å². The van der Waals surface area contributed by atoms with Crippen LogP contribution in [0.15, 0.2) is 41.6 Å². The van der Waals surface area contributed by atoms with Gasteiger partial charge in [-0.1, -0.05) is 72.0 Å². The highest BCUT2D eigenvalue weighted by molar-refractivity contribution is 7.99. The van der Waals surface area contributed by atoms with Crippen LogP contribution in [0.25, 0.3) is 0 Å². The van der Waals surface area contributed by atoms with Crippen molar-refractivity contribution in [1.82, 2.24) is 20.5 Å². The van der Waals surface area contributed by atoms with Crippen LogP contribution >= 0.6 is 58.2 Å². The number of H-pyrrole nitrogens is 1. The molecule has 3 aromatic rings. The van der Waals surface area contributed by atoms with Crippen LogP contribution in [0, 0.1) is 5.92 Å². The molecule has 1 heterocycles. The molecule has 2 aromatic carbocycles. The zero-order chi connectivity index (χ0) is 24.1. The predicted octanol–water partition coefficient (Wildman–Crippen LogP) is 6.28. The van der Waals surface area contributed by atoms with Crippen LogP contribution in [-0.4, -0.2) is 32.7 Å². The fourth-order valence-electron chi connectivity index (χ4n) is 2.81. The number of thioether (sulfide) groups is 1. The monoisotopic (exact) mass is 545 g/mol. The first-order valence-electron chi connectivity index (χ1n) is 9.70. The van der Waals surface area contributed by atoms with E-state index in [9.17, 15) is 9.59 Å². The van der Waals surface area contributed by atoms with E-state index in [1.165, 1.54) is 6.07 Å². The van der Waals surface area contributed by atoms with E-state index in [0.717, 1.165) is 11.8 Å². The van der Waals surface area contributed by atoms with Gasteiger partial charge in [0.25, 0.3) is 5.91 Å². The fraction of sp³-hybridized carbons (Fsp3) is 0.238. The highest BCUT2D eigenvalue weighted by Crippen LogP contribution is 2.27. The zero-order valence-electron chi connectivity index (χ0n) is 17.5. The van der Waals surface area contributed by atoms with Crippen LogP contribution in [0.1, 0.15) is 36.1 Å². The number of aromatic nitrogens is 3. The molecule has 0 saturated heterocycles. The van der Waals surface area contributed by atoms with Crippen molar-refractivity contribution in [3.05, 3.63) is 67.9 Å². The minimum Gasteiger partial charge on any atom is -0.342 e. The second-order valence-electron chi connectivity index (χ2n) is 7.28. The third-order valence-electron chi connectivity index (χ3n) is 4.44. The summed E-state index contributed by atoms with van der Waals surface area (Å²) < 4.78 is 0. The third-order valence-corrected chi connectivity index (χ3v) is 6.39. The Labute approximate surface area is 214 Å². The molecule has 12 heteroatoms. The molecule has 1 atom stereocenters. The first kappa shape index (κ1) is 25.6. The molecule has 0 aliphatic carbocycles. The summed E-state index contributed by atoms with van der Waals surface area (Å²) in [5, 5.41) is 14.5. The molecule has 0 saturated carbocycles. The van der Waals surface area contributed by atoms with Crippen molar-refractivity contribution in [2.75, 3.05) is 11.1 Å². The summed E-state index contributed by atoms with van der Waals surface area (Å²) >= 11 is 25.1. The van der Waals surface area contributed by atoms with E-state index >= 15 is 0 Å². The van der Waals surface area contributed by atoms with E-state index < -0.39 is 6.04 Å². The predicted molar refractivity (Wildman–Crippen MR) is 134 cm³/mol. The number of nitrogens with one attached hydrogen (secondary N) is 3. The van der Waals surface area contributed by atoms with Crippen molar-refractivity contribution in [2.45, 2.75) is 25.0 Å². The standard InChI is InChI=1S/C21H19Cl4N5O2S/c1-10(2)18(27-20(32)13-5-3-11(22)7-14(13)24)19-28-21(30-29-19)33-9-17(31)26-16-6-4-12(23)8-15(16)25/h3-8,10,18H,9H2,1-2H3,(H,26,31)(H,27,32)(H,28,29,30)/t18-/m1/s1. The zero-order valence-corrected chi connectivity index (χ0v) is 21.3. The van der Waals surface area contributed by atoms with Crippen molar-refractivity contribution in [2.24, 2.45) is 5.92 Å². The average molecular weight is 547 g/mol. The van der Waals surface area contributed by atoms with Gasteiger partial charge in [-0.25, -0.2) is 4.98 Å².